The summed E-state index contributed by atoms with van der Waals surface area (Å²) in [6.07, 6.45) is 0. The average molecular weight is 690 g/mol. The van der Waals surface area contributed by atoms with Gasteiger partial charge in [0, 0.05) is 22.5 Å². The molecular formula is C53H39N. The number of nitrogens with zero attached hydrogens (tertiary/aromatic N) is 1. The molecule has 1 aliphatic carbocycles. The molecule has 0 bridgehead atoms. The number of para-hydroxylation sites is 2. The van der Waals surface area contributed by atoms with Gasteiger partial charge < -0.3 is 4.90 Å². The number of hydrogen-bond acceptors (Lipinski definition) is 1. The molecule has 0 N–H and O–H groups in total. The number of benzene rings is 9. The van der Waals surface area contributed by atoms with Crippen molar-refractivity contribution < 1.29 is 0 Å². The van der Waals surface area contributed by atoms with E-state index in [4.69, 9.17) is 0 Å². The molecule has 9 aromatic carbocycles. The van der Waals surface area contributed by atoms with Gasteiger partial charge in [0.25, 0.3) is 0 Å². The highest BCUT2D eigenvalue weighted by atomic mass is 15.1. The van der Waals surface area contributed by atoms with Gasteiger partial charge in [0.2, 0.25) is 0 Å². The van der Waals surface area contributed by atoms with Gasteiger partial charge in [-0.3, -0.25) is 0 Å². The maximum Gasteiger partial charge on any atom is 0.0462 e. The first-order chi connectivity index (χ1) is 26.5. The molecule has 0 fully saturated rings. The summed E-state index contributed by atoms with van der Waals surface area (Å²) in [7, 11) is 0. The maximum atomic E-state index is 2.46. The fourth-order valence-corrected chi connectivity index (χ4v) is 8.74. The highest BCUT2D eigenvalue weighted by molar-refractivity contribution is 6.10. The molecule has 0 heterocycles. The van der Waals surface area contributed by atoms with E-state index in [1.165, 1.54) is 77.2 Å². The molecule has 0 unspecified atom stereocenters. The lowest BCUT2D eigenvalue weighted by molar-refractivity contribution is 0.645. The zero-order valence-corrected chi connectivity index (χ0v) is 30.5. The normalized spacial score (nSPS) is 12.8. The van der Waals surface area contributed by atoms with Crippen LogP contribution in [0, 0.1) is 0 Å². The molecule has 0 aliphatic heterocycles. The van der Waals surface area contributed by atoms with Crippen molar-refractivity contribution >= 4 is 38.6 Å². The molecule has 0 atom stereocenters. The largest absolute Gasteiger partial charge is 0.311 e. The Kier molecular flexibility index (Phi) is 7.56. The van der Waals surface area contributed by atoms with E-state index in [1.54, 1.807) is 0 Å². The molecule has 1 nitrogen and oxygen atoms in total. The van der Waals surface area contributed by atoms with Crippen LogP contribution in [0.1, 0.15) is 25.0 Å². The van der Waals surface area contributed by atoms with Crippen molar-refractivity contribution in [1.29, 1.82) is 0 Å². The third-order valence-electron chi connectivity index (χ3n) is 11.5. The Bertz CT molecular complexity index is 2770. The third kappa shape index (κ3) is 5.24. The summed E-state index contributed by atoms with van der Waals surface area (Å²) in [5, 5.41) is 5.22. The quantitative estimate of drug-likeness (QED) is 0.168. The summed E-state index contributed by atoms with van der Waals surface area (Å²) in [5.74, 6) is 0. The third-order valence-corrected chi connectivity index (χ3v) is 11.5. The molecule has 0 saturated heterocycles. The first-order valence-electron chi connectivity index (χ1n) is 18.8. The van der Waals surface area contributed by atoms with Crippen molar-refractivity contribution in [3.8, 4) is 44.5 Å². The number of fused-ring (bicyclic) bond motifs is 3. The minimum absolute atomic E-state index is 0.159. The van der Waals surface area contributed by atoms with E-state index in [1.807, 2.05) is 0 Å². The van der Waals surface area contributed by atoms with Crippen LogP contribution < -0.4 is 4.90 Å². The van der Waals surface area contributed by atoms with Gasteiger partial charge in [-0.2, -0.15) is 0 Å². The standard InChI is InChI=1S/C53H39N/c1-53(2)49-22-12-15-40-29-33-47(52(51(40)49)48-34-30-41(35-50(48)53)46-21-11-14-38-13-9-10-20-45(38)46)39-25-23-36(24-26-39)37-27-31-44(32-28-37)54(42-16-5-3-6-17-42)43-18-7-4-8-19-43/h3-35H,1-2H3. The Morgan fingerprint density at radius 3 is 1.61 bits per heavy atom. The first-order valence-corrected chi connectivity index (χ1v) is 18.8. The van der Waals surface area contributed by atoms with Crippen molar-refractivity contribution in [1.82, 2.24) is 0 Å². The van der Waals surface area contributed by atoms with Crippen molar-refractivity contribution in [3.63, 3.8) is 0 Å². The van der Waals surface area contributed by atoms with E-state index in [0.29, 0.717) is 0 Å². The summed E-state index contributed by atoms with van der Waals surface area (Å²) < 4.78 is 0. The molecule has 1 aliphatic rings. The van der Waals surface area contributed by atoms with Crippen LogP contribution in [-0.2, 0) is 5.41 Å². The average Bonchev–Trinajstić information content (AvgIpc) is 3.23. The van der Waals surface area contributed by atoms with Crippen molar-refractivity contribution in [2.24, 2.45) is 0 Å². The molecule has 0 radical (unpaired) electrons. The predicted octanol–water partition coefficient (Wildman–Crippen LogP) is 14.8. The molecule has 9 aromatic rings. The maximum absolute atomic E-state index is 2.46. The van der Waals surface area contributed by atoms with Gasteiger partial charge in [-0.1, -0.05) is 172 Å². The molecule has 0 saturated carbocycles. The Balaban J connectivity index is 1.05. The first kappa shape index (κ1) is 32.0. The number of rotatable bonds is 6. The van der Waals surface area contributed by atoms with Crippen LogP contribution in [0.3, 0.4) is 0 Å². The molecule has 1 heteroatoms. The highest BCUT2D eigenvalue weighted by Gasteiger charge is 2.35. The number of anilines is 3. The number of hydrogen-bond donors (Lipinski definition) is 0. The molecule has 256 valence electrons. The second kappa shape index (κ2) is 12.8. The summed E-state index contributed by atoms with van der Waals surface area (Å²) >= 11 is 0. The Labute approximate surface area is 317 Å². The minimum Gasteiger partial charge on any atom is -0.311 e. The fraction of sp³-hybridized carbons (Fsp3) is 0.0566. The van der Waals surface area contributed by atoms with Crippen LogP contribution in [0.25, 0.3) is 66.1 Å². The van der Waals surface area contributed by atoms with Crippen LogP contribution in [-0.4, -0.2) is 0 Å². The molecule has 10 rings (SSSR count). The molecule has 54 heavy (non-hydrogen) atoms. The van der Waals surface area contributed by atoms with Gasteiger partial charge in [-0.15, -0.1) is 0 Å². The minimum atomic E-state index is -0.159. The van der Waals surface area contributed by atoms with Crippen LogP contribution in [0.5, 0.6) is 0 Å². The fourth-order valence-electron chi connectivity index (χ4n) is 8.74. The van der Waals surface area contributed by atoms with Crippen LogP contribution in [0.4, 0.5) is 17.1 Å². The van der Waals surface area contributed by atoms with Crippen molar-refractivity contribution in [2.75, 3.05) is 4.90 Å². The van der Waals surface area contributed by atoms with Gasteiger partial charge in [0.15, 0.2) is 0 Å². The molecule has 0 spiro atoms. The van der Waals surface area contributed by atoms with Gasteiger partial charge in [-0.05, 0) is 120 Å². The van der Waals surface area contributed by atoms with Gasteiger partial charge in [0.1, 0.15) is 0 Å². The van der Waals surface area contributed by atoms with E-state index in [-0.39, 0.29) is 5.41 Å². The monoisotopic (exact) mass is 689 g/mol. The van der Waals surface area contributed by atoms with Gasteiger partial charge in [-0.25, -0.2) is 0 Å². The van der Waals surface area contributed by atoms with Crippen LogP contribution >= 0.6 is 0 Å². The van der Waals surface area contributed by atoms with E-state index in [0.717, 1.165) is 17.1 Å². The van der Waals surface area contributed by atoms with E-state index in [2.05, 4.69) is 219 Å². The zero-order valence-electron chi connectivity index (χ0n) is 30.5. The smallest absolute Gasteiger partial charge is 0.0462 e. The zero-order chi connectivity index (χ0) is 36.2. The van der Waals surface area contributed by atoms with Crippen LogP contribution in [0.2, 0.25) is 0 Å². The Morgan fingerprint density at radius 2 is 0.889 bits per heavy atom. The summed E-state index contributed by atoms with van der Waals surface area (Å²) in [5.41, 5.74) is 16.1. The summed E-state index contributed by atoms with van der Waals surface area (Å²) in [4.78, 5) is 2.30. The molecular weight excluding hydrogens is 651 g/mol. The molecule has 0 aromatic heterocycles. The van der Waals surface area contributed by atoms with Gasteiger partial charge >= 0.3 is 0 Å². The Hall–Kier alpha value is -6.70. The topological polar surface area (TPSA) is 3.24 Å². The lowest BCUT2D eigenvalue weighted by Crippen LogP contribution is -2.24. The summed E-state index contributed by atoms with van der Waals surface area (Å²) in [6.45, 7) is 4.78. The van der Waals surface area contributed by atoms with Crippen molar-refractivity contribution in [3.05, 3.63) is 211 Å². The van der Waals surface area contributed by atoms with E-state index < -0.39 is 0 Å². The van der Waals surface area contributed by atoms with Crippen LogP contribution in [0.15, 0.2) is 200 Å². The van der Waals surface area contributed by atoms with Gasteiger partial charge in [0.05, 0.1) is 0 Å². The second-order valence-corrected chi connectivity index (χ2v) is 14.9. The summed E-state index contributed by atoms with van der Waals surface area (Å²) in [6, 6.07) is 73.2. The predicted molar refractivity (Wildman–Crippen MR) is 230 cm³/mol. The Morgan fingerprint density at radius 1 is 0.352 bits per heavy atom. The van der Waals surface area contributed by atoms with E-state index in [9.17, 15) is 0 Å². The lowest BCUT2D eigenvalue weighted by Gasteiger charge is -2.36. The highest BCUT2D eigenvalue weighted by Crippen LogP contribution is 2.52. The molecule has 0 amide bonds. The van der Waals surface area contributed by atoms with E-state index >= 15 is 0 Å². The lowest BCUT2D eigenvalue weighted by atomic mass is 9.67. The SMILES string of the molecule is CC1(C)c2cc(-c3cccc4ccccc34)ccc2-c2c(-c3ccc(-c4ccc(N(c5ccccc5)c5ccccc5)cc4)cc3)ccc3cccc1c23. The van der Waals surface area contributed by atoms with Crippen molar-refractivity contribution in [2.45, 2.75) is 19.3 Å². The second-order valence-electron chi connectivity index (χ2n) is 14.9.